The zero-order valence-corrected chi connectivity index (χ0v) is 17.9. The second kappa shape index (κ2) is 9.12. The van der Waals surface area contributed by atoms with Gasteiger partial charge in [0.2, 0.25) is 0 Å². The lowest BCUT2D eigenvalue weighted by Gasteiger charge is -2.26. The van der Waals surface area contributed by atoms with Crippen molar-refractivity contribution in [1.82, 2.24) is 0 Å². The minimum atomic E-state index is -3.86. The van der Waals surface area contributed by atoms with E-state index in [9.17, 15) is 8.42 Å². The number of methoxy groups -OCH3 is 1. The highest BCUT2D eigenvalue weighted by atomic mass is 127. The topological polar surface area (TPSA) is 95.4 Å². The number of nitrogens with zero attached hydrogens (tertiary/aromatic N) is 4. The molecule has 9 heteroatoms. The summed E-state index contributed by atoms with van der Waals surface area (Å²) < 4.78 is 33.9. The minimum absolute atomic E-state index is 0.0109. The van der Waals surface area contributed by atoms with Gasteiger partial charge in [0.05, 0.1) is 24.2 Å². The van der Waals surface area contributed by atoms with Crippen LogP contribution in [0.1, 0.15) is 5.56 Å². The number of anilines is 1. The van der Waals surface area contributed by atoms with Gasteiger partial charge in [-0.25, -0.2) is 8.42 Å². The zero-order chi connectivity index (χ0) is 20.0. The van der Waals surface area contributed by atoms with E-state index in [0.717, 1.165) is 9.13 Å². The SMILES string of the molecule is C=C(CN=[N+]=[N-])CN(c1cc(OC)ccc1I)S(=O)(=O)c1ccc(C)cc1. The number of rotatable bonds is 8. The molecule has 2 aromatic rings. The van der Waals surface area contributed by atoms with E-state index in [0.29, 0.717) is 17.0 Å². The highest BCUT2D eigenvalue weighted by molar-refractivity contribution is 14.1. The summed E-state index contributed by atoms with van der Waals surface area (Å²) in [4.78, 5) is 2.88. The molecule has 0 aliphatic carbocycles. The van der Waals surface area contributed by atoms with Crippen molar-refractivity contribution in [3.05, 3.63) is 74.2 Å². The summed E-state index contributed by atoms with van der Waals surface area (Å²) in [6.45, 7) is 5.73. The van der Waals surface area contributed by atoms with Crippen molar-refractivity contribution < 1.29 is 13.2 Å². The van der Waals surface area contributed by atoms with Crippen LogP contribution in [0.15, 0.2) is 64.6 Å². The van der Waals surface area contributed by atoms with Crippen molar-refractivity contribution >= 4 is 38.3 Å². The van der Waals surface area contributed by atoms with Crippen molar-refractivity contribution in [2.45, 2.75) is 11.8 Å². The Morgan fingerprint density at radius 1 is 1.30 bits per heavy atom. The van der Waals surface area contributed by atoms with E-state index in [4.69, 9.17) is 10.3 Å². The molecule has 142 valence electrons. The third-order valence-corrected chi connectivity index (χ3v) is 6.44. The molecular formula is C18H19IN4O3S. The summed E-state index contributed by atoms with van der Waals surface area (Å²) in [7, 11) is -2.34. The fourth-order valence-electron chi connectivity index (χ4n) is 2.33. The first-order chi connectivity index (χ1) is 12.8. The van der Waals surface area contributed by atoms with E-state index < -0.39 is 10.0 Å². The molecule has 0 spiro atoms. The standard InChI is InChI=1S/C18H19IN4O3S/c1-13-4-7-16(8-5-13)27(24,25)23(12-14(2)11-21-22-20)18-10-15(26-3)6-9-17(18)19/h4-10H,2,11-12H2,1,3H3. The maximum atomic E-state index is 13.3. The van der Waals surface area contributed by atoms with Crippen molar-refractivity contribution in [3.63, 3.8) is 0 Å². The van der Waals surface area contributed by atoms with E-state index in [1.54, 1.807) is 42.5 Å². The second-order valence-electron chi connectivity index (χ2n) is 5.78. The van der Waals surface area contributed by atoms with Crippen LogP contribution in [-0.2, 0) is 10.0 Å². The summed E-state index contributed by atoms with van der Waals surface area (Å²) in [5.74, 6) is 0.537. The molecule has 0 atom stereocenters. The predicted molar refractivity (Wildman–Crippen MR) is 115 cm³/mol. The summed E-state index contributed by atoms with van der Waals surface area (Å²) in [6.07, 6.45) is 0. The van der Waals surface area contributed by atoms with Gasteiger partial charge >= 0.3 is 0 Å². The van der Waals surface area contributed by atoms with Crippen LogP contribution in [0.3, 0.4) is 0 Å². The number of hydrogen-bond donors (Lipinski definition) is 0. The van der Waals surface area contributed by atoms with Crippen LogP contribution in [0, 0.1) is 10.5 Å². The normalized spacial score (nSPS) is 10.8. The monoisotopic (exact) mass is 498 g/mol. The van der Waals surface area contributed by atoms with Crippen molar-refractivity contribution in [1.29, 1.82) is 0 Å². The Bertz CT molecular complexity index is 984. The lowest BCUT2D eigenvalue weighted by Crippen LogP contribution is -2.34. The lowest BCUT2D eigenvalue weighted by atomic mass is 10.2. The van der Waals surface area contributed by atoms with Gasteiger partial charge in [0.15, 0.2) is 0 Å². The van der Waals surface area contributed by atoms with Gasteiger partial charge in [-0.3, -0.25) is 4.31 Å². The van der Waals surface area contributed by atoms with E-state index in [-0.39, 0.29) is 18.0 Å². The molecule has 7 nitrogen and oxygen atoms in total. The van der Waals surface area contributed by atoms with E-state index in [2.05, 4.69) is 39.2 Å². The Hall–Kier alpha value is -2.23. The van der Waals surface area contributed by atoms with Crippen molar-refractivity contribution in [2.75, 3.05) is 24.5 Å². The average Bonchev–Trinajstić information content (AvgIpc) is 2.65. The largest absolute Gasteiger partial charge is 0.497 e. The molecule has 0 unspecified atom stereocenters. The molecule has 0 aromatic heterocycles. The Labute approximate surface area is 172 Å². The van der Waals surface area contributed by atoms with Crippen LogP contribution in [-0.4, -0.2) is 28.6 Å². The number of halogens is 1. The second-order valence-corrected chi connectivity index (χ2v) is 8.81. The zero-order valence-electron chi connectivity index (χ0n) is 15.0. The maximum absolute atomic E-state index is 13.3. The van der Waals surface area contributed by atoms with Gasteiger partial charge in [-0.1, -0.05) is 35.0 Å². The fraction of sp³-hybridized carbons (Fsp3) is 0.222. The first-order valence-electron chi connectivity index (χ1n) is 7.90. The number of sulfonamides is 1. The molecular weight excluding hydrogens is 479 g/mol. The van der Waals surface area contributed by atoms with E-state index >= 15 is 0 Å². The quantitative estimate of drug-likeness (QED) is 0.174. The van der Waals surface area contributed by atoms with Crippen LogP contribution < -0.4 is 9.04 Å². The third kappa shape index (κ3) is 5.15. The van der Waals surface area contributed by atoms with Gasteiger partial charge < -0.3 is 4.74 Å². The Balaban J connectivity index is 2.57. The number of ether oxygens (including phenoxy) is 1. The Morgan fingerprint density at radius 3 is 2.56 bits per heavy atom. The summed E-state index contributed by atoms with van der Waals surface area (Å²) in [5, 5.41) is 3.47. The number of hydrogen-bond acceptors (Lipinski definition) is 4. The molecule has 0 saturated heterocycles. The smallest absolute Gasteiger partial charge is 0.264 e. The highest BCUT2D eigenvalue weighted by Crippen LogP contribution is 2.32. The Kier molecular flexibility index (Phi) is 7.11. The Morgan fingerprint density at radius 2 is 1.96 bits per heavy atom. The fourth-order valence-corrected chi connectivity index (χ4v) is 4.62. The molecule has 0 radical (unpaired) electrons. The molecule has 0 amide bonds. The van der Waals surface area contributed by atoms with Gasteiger partial charge in [-0.2, -0.15) is 0 Å². The summed E-state index contributed by atoms with van der Waals surface area (Å²) >= 11 is 2.08. The van der Waals surface area contributed by atoms with Crippen LogP contribution >= 0.6 is 22.6 Å². The van der Waals surface area contributed by atoms with Crippen LogP contribution in [0.4, 0.5) is 5.69 Å². The van der Waals surface area contributed by atoms with Crippen molar-refractivity contribution in [2.24, 2.45) is 5.11 Å². The molecule has 0 heterocycles. The van der Waals surface area contributed by atoms with Gasteiger partial charge in [-0.15, -0.1) is 0 Å². The molecule has 27 heavy (non-hydrogen) atoms. The molecule has 2 aromatic carbocycles. The molecule has 2 rings (SSSR count). The predicted octanol–water partition coefficient (Wildman–Crippen LogP) is 4.67. The number of aryl methyl sites for hydroxylation is 1. The van der Waals surface area contributed by atoms with Gasteiger partial charge in [0.25, 0.3) is 10.0 Å². The first kappa shape index (κ1) is 21.1. The van der Waals surface area contributed by atoms with Crippen molar-refractivity contribution in [3.8, 4) is 5.75 Å². The van der Waals surface area contributed by atoms with Crippen LogP contribution in [0.2, 0.25) is 0 Å². The highest BCUT2D eigenvalue weighted by Gasteiger charge is 2.27. The lowest BCUT2D eigenvalue weighted by molar-refractivity contribution is 0.415. The van der Waals surface area contributed by atoms with E-state index in [1.807, 2.05) is 6.92 Å². The first-order valence-corrected chi connectivity index (χ1v) is 10.4. The van der Waals surface area contributed by atoms with Crippen LogP contribution in [0.25, 0.3) is 10.4 Å². The van der Waals surface area contributed by atoms with E-state index in [1.165, 1.54) is 11.4 Å². The third-order valence-electron chi connectivity index (χ3n) is 3.76. The molecule has 0 fully saturated rings. The maximum Gasteiger partial charge on any atom is 0.264 e. The van der Waals surface area contributed by atoms with Gasteiger partial charge in [0.1, 0.15) is 5.75 Å². The minimum Gasteiger partial charge on any atom is -0.497 e. The van der Waals surface area contributed by atoms with Gasteiger partial charge in [0, 0.05) is 21.1 Å². The number of benzene rings is 2. The molecule has 0 bridgehead atoms. The molecule has 0 N–H and O–H groups in total. The van der Waals surface area contributed by atoms with Gasteiger partial charge in [-0.05, 0) is 59.3 Å². The van der Waals surface area contributed by atoms with Crippen LogP contribution in [0.5, 0.6) is 5.75 Å². The number of azide groups is 1. The molecule has 0 aliphatic heterocycles. The molecule has 0 saturated carbocycles. The molecule has 0 aliphatic rings. The average molecular weight is 498 g/mol. The summed E-state index contributed by atoms with van der Waals surface area (Å²) in [6, 6.07) is 11.8. The summed E-state index contributed by atoms with van der Waals surface area (Å²) in [5.41, 5.74) is 10.4.